The van der Waals surface area contributed by atoms with Gasteiger partial charge >= 0.3 is 5.63 Å². The maximum Gasteiger partial charge on any atom is 0.343 e. The Morgan fingerprint density at radius 3 is 2.67 bits per heavy atom. The van der Waals surface area contributed by atoms with Crippen LogP contribution in [0.5, 0.6) is 11.5 Å². The summed E-state index contributed by atoms with van der Waals surface area (Å²) in [6.07, 6.45) is 5.69. The van der Waals surface area contributed by atoms with E-state index < -0.39 is 5.60 Å². The average Bonchev–Trinajstić information content (AvgIpc) is 2.92. The zero-order valence-electron chi connectivity index (χ0n) is 18.6. The predicted octanol–water partition coefficient (Wildman–Crippen LogP) is 5.71. The Balaban J connectivity index is 1.80. The van der Waals surface area contributed by atoms with Crippen LogP contribution < -0.4 is 15.1 Å². The summed E-state index contributed by atoms with van der Waals surface area (Å²) in [5, 5.41) is 0.778. The largest absolute Gasteiger partial charge is 0.497 e. The summed E-state index contributed by atoms with van der Waals surface area (Å²) in [7, 11) is 1.57. The van der Waals surface area contributed by atoms with Crippen molar-refractivity contribution in [2.75, 3.05) is 7.11 Å². The molecule has 2 atom stereocenters. The number of benzene rings is 1. The number of hydrogen-bond acceptors (Lipinski definition) is 5. The number of methoxy groups -OCH3 is 1. The fourth-order valence-corrected chi connectivity index (χ4v) is 4.00. The fraction of sp³-hybridized carbons (Fsp3) is 0.440. The normalized spacial score (nSPS) is 20.6. The van der Waals surface area contributed by atoms with Crippen LogP contribution in [-0.2, 0) is 4.79 Å². The number of carbonyl (C=O) groups excluding carboxylic acids is 1. The van der Waals surface area contributed by atoms with Crippen LogP contribution in [0, 0.1) is 0 Å². The molecular weight excluding hydrogens is 380 g/mol. The van der Waals surface area contributed by atoms with E-state index in [0.717, 1.165) is 29.4 Å². The van der Waals surface area contributed by atoms with Crippen LogP contribution in [0.3, 0.4) is 0 Å². The first-order valence-corrected chi connectivity index (χ1v) is 10.3. The van der Waals surface area contributed by atoms with Gasteiger partial charge in [-0.2, -0.15) is 0 Å². The number of rotatable bonds is 7. The van der Waals surface area contributed by atoms with E-state index in [2.05, 4.69) is 6.08 Å². The van der Waals surface area contributed by atoms with E-state index in [-0.39, 0.29) is 17.3 Å². The number of ketones is 1. The molecule has 30 heavy (non-hydrogen) atoms. The fourth-order valence-electron chi connectivity index (χ4n) is 4.00. The second-order valence-corrected chi connectivity index (χ2v) is 8.58. The third-order valence-corrected chi connectivity index (χ3v) is 5.82. The van der Waals surface area contributed by atoms with Gasteiger partial charge in [-0.15, -0.1) is 0 Å². The summed E-state index contributed by atoms with van der Waals surface area (Å²) >= 11 is 0. The van der Waals surface area contributed by atoms with Crippen molar-refractivity contribution in [3.05, 3.63) is 57.5 Å². The van der Waals surface area contributed by atoms with Crippen molar-refractivity contribution >= 4 is 16.8 Å². The van der Waals surface area contributed by atoms with E-state index in [1.807, 2.05) is 46.8 Å². The number of hydrogen-bond donors (Lipinski definition) is 0. The summed E-state index contributed by atoms with van der Waals surface area (Å²) in [5.74, 6) is 1.25. The lowest BCUT2D eigenvalue weighted by molar-refractivity contribution is -0.114. The van der Waals surface area contributed by atoms with Crippen molar-refractivity contribution in [1.82, 2.24) is 0 Å². The summed E-state index contributed by atoms with van der Waals surface area (Å²) in [6, 6.07) is 5.41. The lowest BCUT2D eigenvalue weighted by Crippen LogP contribution is -2.33. The van der Waals surface area contributed by atoms with Gasteiger partial charge in [-0.25, -0.2) is 4.79 Å². The first-order valence-electron chi connectivity index (χ1n) is 10.3. The van der Waals surface area contributed by atoms with Crippen LogP contribution in [0.4, 0.5) is 0 Å². The molecule has 1 aliphatic heterocycles. The predicted molar refractivity (Wildman–Crippen MR) is 119 cm³/mol. The zero-order valence-corrected chi connectivity index (χ0v) is 18.6. The van der Waals surface area contributed by atoms with E-state index in [4.69, 9.17) is 13.9 Å². The molecule has 0 spiro atoms. The molecule has 0 amide bonds. The Bertz CT molecular complexity index is 1080. The highest BCUT2D eigenvalue weighted by Crippen LogP contribution is 2.48. The lowest BCUT2D eigenvalue weighted by Gasteiger charge is -2.28. The highest BCUT2D eigenvalue weighted by Gasteiger charge is 2.44. The van der Waals surface area contributed by atoms with E-state index >= 15 is 0 Å². The van der Waals surface area contributed by atoms with Gasteiger partial charge in [0.2, 0.25) is 0 Å². The Morgan fingerprint density at radius 2 is 2.00 bits per heavy atom. The Hall–Kier alpha value is -2.82. The summed E-state index contributed by atoms with van der Waals surface area (Å²) in [6.45, 7) is 9.86. The van der Waals surface area contributed by atoms with Gasteiger partial charge in [-0.1, -0.05) is 24.1 Å². The maximum atomic E-state index is 12.7. The summed E-state index contributed by atoms with van der Waals surface area (Å²) < 4.78 is 17.2. The molecule has 0 radical (unpaired) electrons. The topological polar surface area (TPSA) is 65.7 Å². The Kier molecular flexibility index (Phi) is 6.20. The van der Waals surface area contributed by atoms with Crippen LogP contribution in [0.15, 0.2) is 50.7 Å². The third kappa shape index (κ3) is 4.35. The lowest BCUT2D eigenvalue weighted by atomic mass is 9.84. The molecule has 160 valence electrons. The highest BCUT2D eigenvalue weighted by molar-refractivity contribution is 5.91. The molecule has 1 aromatic heterocycles. The number of ether oxygens (including phenoxy) is 2. The molecule has 1 aliphatic rings. The molecule has 0 saturated heterocycles. The minimum atomic E-state index is -0.522. The SMILES string of the molecule is COc1ccc2c3c(c(=O)oc2c1)[C@@H](C)[C@](C)(CC/C=C(\C)CC(=O)C=C(C)C)O3. The number of allylic oxidation sites excluding steroid dienone is 4. The molecule has 0 fully saturated rings. The smallest absolute Gasteiger partial charge is 0.343 e. The van der Waals surface area contributed by atoms with E-state index in [9.17, 15) is 9.59 Å². The van der Waals surface area contributed by atoms with Gasteiger partial charge < -0.3 is 13.9 Å². The standard InChI is InChI=1S/C25H30O5/c1-15(2)12-18(26)13-16(3)8-7-11-25(5)17(4)22-23(30-25)20-10-9-19(28-6)14-21(20)29-24(22)27/h8-10,12,14,17H,7,11,13H2,1-6H3/b16-8+/t17-,25+/m1/s1. The molecule has 0 saturated carbocycles. The Morgan fingerprint density at radius 1 is 1.27 bits per heavy atom. The monoisotopic (exact) mass is 410 g/mol. The average molecular weight is 411 g/mol. The maximum absolute atomic E-state index is 12.7. The van der Waals surface area contributed by atoms with Crippen molar-refractivity contribution in [2.24, 2.45) is 0 Å². The van der Waals surface area contributed by atoms with Gasteiger partial charge in [0.1, 0.15) is 22.7 Å². The highest BCUT2D eigenvalue weighted by atomic mass is 16.5. The van der Waals surface area contributed by atoms with Crippen LogP contribution in [0.2, 0.25) is 0 Å². The van der Waals surface area contributed by atoms with Gasteiger partial charge in [-0.05, 0) is 58.7 Å². The number of carbonyl (C=O) groups is 1. The number of fused-ring (bicyclic) bond motifs is 3. The van der Waals surface area contributed by atoms with E-state index in [0.29, 0.717) is 29.1 Å². The van der Waals surface area contributed by atoms with Gasteiger partial charge in [0.25, 0.3) is 0 Å². The first kappa shape index (κ1) is 21.9. The second-order valence-electron chi connectivity index (χ2n) is 8.58. The van der Waals surface area contributed by atoms with Gasteiger partial charge in [0, 0.05) is 18.4 Å². The van der Waals surface area contributed by atoms with E-state index in [1.165, 1.54) is 0 Å². The molecule has 0 unspecified atom stereocenters. The van der Waals surface area contributed by atoms with Crippen molar-refractivity contribution in [3.8, 4) is 11.5 Å². The van der Waals surface area contributed by atoms with Crippen LogP contribution >= 0.6 is 0 Å². The van der Waals surface area contributed by atoms with Crippen LogP contribution in [0.1, 0.15) is 65.4 Å². The van der Waals surface area contributed by atoms with Crippen molar-refractivity contribution in [3.63, 3.8) is 0 Å². The second kappa shape index (κ2) is 8.50. The van der Waals surface area contributed by atoms with Crippen LogP contribution in [-0.4, -0.2) is 18.5 Å². The minimum absolute atomic E-state index is 0.101. The van der Waals surface area contributed by atoms with Gasteiger partial charge in [0.05, 0.1) is 18.1 Å². The molecule has 0 bridgehead atoms. The molecule has 2 heterocycles. The molecule has 5 heteroatoms. The summed E-state index contributed by atoms with van der Waals surface area (Å²) in [4.78, 5) is 24.6. The van der Waals surface area contributed by atoms with Gasteiger partial charge in [-0.3, -0.25) is 4.79 Å². The first-order chi connectivity index (χ1) is 14.1. The molecule has 0 aliphatic carbocycles. The Labute approximate surface area is 177 Å². The van der Waals surface area contributed by atoms with Crippen molar-refractivity contribution in [1.29, 1.82) is 0 Å². The van der Waals surface area contributed by atoms with Crippen molar-refractivity contribution < 1.29 is 18.7 Å². The minimum Gasteiger partial charge on any atom is -0.497 e. The molecule has 2 aromatic rings. The molecule has 5 nitrogen and oxygen atoms in total. The summed E-state index contributed by atoms with van der Waals surface area (Å²) in [5.41, 5.74) is 2.22. The molecule has 3 rings (SSSR count). The van der Waals surface area contributed by atoms with E-state index in [1.54, 1.807) is 19.3 Å². The molecular formula is C25H30O5. The zero-order chi connectivity index (χ0) is 22.1. The van der Waals surface area contributed by atoms with Gasteiger partial charge in [0.15, 0.2) is 5.78 Å². The molecule has 1 aromatic carbocycles. The molecule has 0 N–H and O–H groups in total. The quantitative estimate of drug-likeness (QED) is 0.332. The van der Waals surface area contributed by atoms with Crippen molar-refractivity contribution in [2.45, 2.75) is 65.4 Å². The third-order valence-electron chi connectivity index (χ3n) is 5.82. The van der Waals surface area contributed by atoms with Crippen LogP contribution in [0.25, 0.3) is 11.0 Å².